The van der Waals surface area contributed by atoms with Gasteiger partial charge in [-0.2, -0.15) is 5.10 Å². The van der Waals surface area contributed by atoms with Crippen LogP contribution in [-0.2, 0) is 14.3 Å². The molecule has 0 radical (unpaired) electrons. The predicted molar refractivity (Wildman–Crippen MR) is 90.1 cm³/mol. The van der Waals surface area contributed by atoms with Crippen molar-refractivity contribution >= 4 is 17.6 Å². The van der Waals surface area contributed by atoms with Gasteiger partial charge in [-0.15, -0.1) is 0 Å². The minimum atomic E-state index is -0.161. The normalized spacial score (nSPS) is 47.0. The first-order valence-electron chi connectivity index (χ1n) is 9.43. The minimum absolute atomic E-state index is 0.0576. The number of ether oxygens (including phenoxy) is 1. The minimum Gasteiger partial charge on any atom is -0.462 e. The highest BCUT2D eigenvalue weighted by Crippen LogP contribution is 2.61. The zero-order valence-corrected chi connectivity index (χ0v) is 14.9. The van der Waals surface area contributed by atoms with E-state index in [1.165, 1.54) is 13.3 Å². The zero-order valence-electron chi connectivity index (χ0n) is 14.9. The summed E-state index contributed by atoms with van der Waals surface area (Å²) in [6.45, 7) is 5.88. The first-order valence-corrected chi connectivity index (χ1v) is 9.43. The molecule has 4 aliphatic rings. The number of esters is 1. The Labute approximate surface area is 143 Å². The summed E-state index contributed by atoms with van der Waals surface area (Å²) in [7, 11) is 0. The monoisotopic (exact) mass is 332 g/mol. The van der Waals surface area contributed by atoms with Gasteiger partial charge in [0.25, 0.3) is 0 Å². The van der Waals surface area contributed by atoms with Crippen molar-refractivity contribution in [1.29, 1.82) is 0 Å². The number of nitrogens with one attached hydrogen (secondary N) is 1. The van der Waals surface area contributed by atoms with E-state index in [1.54, 1.807) is 0 Å². The van der Waals surface area contributed by atoms with Crippen LogP contribution in [0.25, 0.3) is 0 Å². The second-order valence-corrected chi connectivity index (χ2v) is 8.59. The summed E-state index contributed by atoms with van der Waals surface area (Å²) in [5.74, 6) is 2.01. The lowest BCUT2D eigenvalue weighted by Gasteiger charge is -2.54. The summed E-state index contributed by atoms with van der Waals surface area (Å²) in [5.41, 5.74) is 3.93. The molecule has 3 saturated carbocycles. The molecule has 0 bridgehead atoms. The second kappa shape index (κ2) is 5.57. The van der Waals surface area contributed by atoms with E-state index in [0.29, 0.717) is 23.7 Å². The van der Waals surface area contributed by atoms with E-state index in [0.717, 1.165) is 37.8 Å². The molecule has 4 rings (SSSR count). The third-order valence-electron chi connectivity index (χ3n) is 7.60. The molecule has 3 fully saturated rings. The summed E-state index contributed by atoms with van der Waals surface area (Å²) in [4.78, 5) is 24.0. The molecule has 1 aliphatic heterocycles. The van der Waals surface area contributed by atoms with Crippen molar-refractivity contribution in [1.82, 2.24) is 5.43 Å². The number of amides is 1. The van der Waals surface area contributed by atoms with Crippen molar-refractivity contribution in [3.63, 3.8) is 0 Å². The van der Waals surface area contributed by atoms with Crippen LogP contribution in [0.1, 0.15) is 59.3 Å². The average molecular weight is 332 g/mol. The lowest BCUT2D eigenvalue weighted by Crippen LogP contribution is -2.54. The first kappa shape index (κ1) is 16.1. The molecule has 0 saturated heterocycles. The molecule has 1 amide bonds. The van der Waals surface area contributed by atoms with E-state index >= 15 is 0 Å². The van der Waals surface area contributed by atoms with Gasteiger partial charge in [-0.1, -0.05) is 6.92 Å². The molecule has 7 atom stereocenters. The Balaban J connectivity index is 1.60. The third-order valence-corrected chi connectivity index (χ3v) is 7.60. The fourth-order valence-electron chi connectivity index (χ4n) is 6.52. The van der Waals surface area contributed by atoms with Crippen molar-refractivity contribution in [2.75, 3.05) is 0 Å². The standard InChI is InChI=1S/C19H28N2O3/c1-10-12-4-5-13-14(17(12)18(23)21-20-10)8-9-19(3)15(13)6-7-16(19)24-11(2)22/h12-17H,4-9H2,1-3H3,(H,21,23)/t12?,13-,14+,15+,16+,17?,19+/m1/s1. The van der Waals surface area contributed by atoms with Crippen molar-refractivity contribution in [2.45, 2.75) is 65.4 Å². The van der Waals surface area contributed by atoms with Crippen LogP contribution < -0.4 is 5.43 Å². The third kappa shape index (κ3) is 2.23. The molecule has 0 aromatic carbocycles. The van der Waals surface area contributed by atoms with Crippen LogP contribution in [0.3, 0.4) is 0 Å². The summed E-state index contributed by atoms with van der Waals surface area (Å²) in [6, 6.07) is 0. The van der Waals surface area contributed by atoms with Crippen LogP contribution in [0.4, 0.5) is 0 Å². The number of nitrogens with zero attached hydrogens (tertiary/aromatic N) is 1. The molecule has 5 nitrogen and oxygen atoms in total. The van der Waals surface area contributed by atoms with Gasteiger partial charge in [0.05, 0.1) is 5.92 Å². The Morgan fingerprint density at radius 2 is 2.00 bits per heavy atom. The van der Waals surface area contributed by atoms with Gasteiger partial charge in [0.2, 0.25) is 5.91 Å². The quantitative estimate of drug-likeness (QED) is 0.751. The molecule has 0 spiro atoms. The Hall–Kier alpha value is -1.39. The molecule has 2 unspecified atom stereocenters. The molecule has 24 heavy (non-hydrogen) atoms. The maximum atomic E-state index is 12.5. The summed E-state index contributed by atoms with van der Waals surface area (Å²) < 4.78 is 5.67. The Bertz CT molecular complexity index is 601. The molecular weight excluding hydrogens is 304 g/mol. The number of hydrazone groups is 1. The molecule has 3 aliphatic carbocycles. The van der Waals surface area contributed by atoms with Crippen molar-refractivity contribution < 1.29 is 14.3 Å². The van der Waals surface area contributed by atoms with Gasteiger partial charge >= 0.3 is 5.97 Å². The maximum absolute atomic E-state index is 12.5. The highest BCUT2D eigenvalue weighted by atomic mass is 16.5. The van der Waals surface area contributed by atoms with Crippen LogP contribution in [-0.4, -0.2) is 23.7 Å². The first-order chi connectivity index (χ1) is 11.4. The van der Waals surface area contributed by atoms with Crippen LogP contribution in [0.5, 0.6) is 0 Å². The van der Waals surface area contributed by atoms with E-state index in [1.807, 2.05) is 0 Å². The van der Waals surface area contributed by atoms with E-state index < -0.39 is 0 Å². The summed E-state index contributed by atoms with van der Waals surface area (Å²) in [5, 5.41) is 4.22. The topological polar surface area (TPSA) is 67.8 Å². The number of fused-ring (bicyclic) bond motifs is 5. The van der Waals surface area contributed by atoms with Gasteiger partial charge in [0.15, 0.2) is 0 Å². The molecule has 0 aromatic heterocycles. The Morgan fingerprint density at radius 1 is 1.21 bits per heavy atom. The lowest BCUT2D eigenvalue weighted by molar-refractivity contribution is -0.157. The van der Waals surface area contributed by atoms with Crippen molar-refractivity contribution in [3.8, 4) is 0 Å². The smallest absolute Gasteiger partial charge is 0.302 e. The van der Waals surface area contributed by atoms with Gasteiger partial charge in [-0.25, -0.2) is 5.43 Å². The highest BCUT2D eigenvalue weighted by molar-refractivity contribution is 5.94. The van der Waals surface area contributed by atoms with E-state index in [4.69, 9.17) is 4.74 Å². The number of hydrogen-bond donors (Lipinski definition) is 1. The number of hydrogen-bond acceptors (Lipinski definition) is 4. The predicted octanol–water partition coefficient (Wildman–Crippen LogP) is 2.89. The Morgan fingerprint density at radius 3 is 2.75 bits per heavy atom. The van der Waals surface area contributed by atoms with Crippen LogP contribution in [0, 0.1) is 35.0 Å². The van der Waals surface area contributed by atoms with Gasteiger partial charge in [-0.05, 0) is 63.2 Å². The second-order valence-electron chi connectivity index (χ2n) is 8.59. The number of rotatable bonds is 1. The van der Waals surface area contributed by atoms with E-state index in [2.05, 4.69) is 24.4 Å². The summed E-state index contributed by atoms with van der Waals surface area (Å²) in [6.07, 6.45) is 6.54. The van der Waals surface area contributed by atoms with Crippen LogP contribution >= 0.6 is 0 Å². The molecular formula is C19H28N2O3. The maximum Gasteiger partial charge on any atom is 0.302 e. The summed E-state index contributed by atoms with van der Waals surface area (Å²) >= 11 is 0. The fourth-order valence-corrected chi connectivity index (χ4v) is 6.52. The SMILES string of the molecule is CC(=O)O[C@H]1CC[C@H]2[C@@H]3CCC4C(C)=NNC(=O)C4[C@H]3CC[C@]12C. The largest absolute Gasteiger partial charge is 0.462 e. The molecule has 0 aromatic rings. The van der Waals surface area contributed by atoms with Crippen molar-refractivity contribution in [2.24, 2.45) is 40.1 Å². The highest BCUT2D eigenvalue weighted by Gasteiger charge is 2.59. The number of carbonyl (C=O) groups is 2. The molecule has 1 N–H and O–H groups in total. The van der Waals surface area contributed by atoms with Crippen LogP contribution in [0.2, 0.25) is 0 Å². The van der Waals surface area contributed by atoms with Crippen molar-refractivity contribution in [3.05, 3.63) is 0 Å². The van der Waals surface area contributed by atoms with E-state index in [-0.39, 0.29) is 29.3 Å². The fraction of sp³-hybridized carbons (Fsp3) is 0.842. The Kier molecular flexibility index (Phi) is 3.73. The molecule has 132 valence electrons. The molecule has 1 heterocycles. The zero-order chi connectivity index (χ0) is 17.1. The van der Waals surface area contributed by atoms with E-state index in [9.17, 15) is 9.59 Å². The van der Waals surface area contributed by atoms with Crippen LogP contribution in [0.15, 0.2) is 5.10 Å². The van der Waals surface area contributed by atoms with Gasteiger partial charge < -0.3 is 4.74 Å². The van der Waals surface area contributed by atoms with Gasteiger partial charge in [-0.3, -0.25) is 9.59 Å². The number of carbonyl (C=O) groups excluding carboxylic acids is 2. The van der Waals surface area contributed by atoms with Gasteiger partial charge in [0.1, 0.15) is 6.10 Å². The molecule has 5 heteroatoms. The lowest BCUT2D eigenvalue weighted by atomic mass is 9.51. The average Bonchev–Trinajstić information content (AvgIpc) is 2.87. The van der Waals surface area contributed by atoms with Gasteiger partial charge in [0, 0.05) is 24.0 Å².